The second-order valence-corrected chi connectivity index (χ2v) is 7.98. The van der Waals surface area contributed by atoms with Gasteiger partial charge in [0.2, 0.25) is 0 Å². The van der Waals surface area contributed by atoms with Gasteiger partial charge < -0.3 is 39.4 Å². The van der Waals surface area contributed by atoms with E-state index >= 15 is 0 Å². The number of aliphatic hydroxyl groups excluding tert-OH is 4. The lowest BCUT2D eigenvalue weighted by Crippen LogP contribution is -2.55. The first-order valence-corrected chi connectivity index (χ1v) is 10.4. The second kappa shape index (κ2) is 9.20. The summed E-state index contributed by atoms with van der Waals surface area (Å²) in [6, 6.07) is 9.02. The van der Waals surface area contributed by atoms with Crippen LogP contribution in [0.25, 0.3) is 0 Å². The summed E-state index contributed by atoms with van der Waals surface area (Å²) in [5, 5.41) is 40.6. The van der Waals surface area contributed by atoms with Crippen LogP contribution in [0, 0.1) is 0 Å². The van der Waals surface area contributed by atoms with Crippen molar-refractivity contribution < 1.29 is 39.4 Å². The van der Waals surface area contributed by atoms with E-state index in [1.54, 1.807) is 12.1 Å². The maximum Gasteiger partial charge on any atom is 0.161 e. The van der Waals surface area contributed by atoms with Crippen molar-refractivity contribution in [2.24, 2.45) is 0 Å². The number of methoxy groups -OCH3 is 1. The molecule has 2 aromatic rings. The molecule has 0 unspecified atom stereocenters. The Kier molecular flexibility index (Phi) is 6.57. The van der Waals surface area contributed by atoms with E-state index in [4.69, 9.17) is 30.5 Å². The number of hydrogen-bond acceptors (Lipinski definition) is 8. The van der Waals surface area contributed by atoms with E-state index in [1.807, 2.05) is 18.2 Å². The Morgan fingerprint density at radius 1 is 1.00 bits per heavy atom. The molecule has 2 aliphatic rings. The number of hydrogen-bond donors (Lipinski definition) is 4. The highest BCUT2D eigenvalue weighted by Crippen LogP contribution is 2.39. The average Bonchev–Trinajstić information content (AvgIpc) is 2.79. The van der Waals surface area contributed by atoms with Crippen molar-refractivity contribution in [3.8, 4) is 17.2 Å². The standard InChI is InChI=1S/C22H25ClO8/c1-28-16-9-13(22-21(27)20(26)19(25)17(10-24)31-22)8-12(18(16)23)6-11-2-3-14-15(7-11)30-5-4-29-14/h2-3,7-9,17,19-22,24-27H,4-6,10H2,1H3/t17-,19-,20+,21-,22+/m1/s1. The maximum absolute atomic E-state index is 10.5. The average molecular weight is 453 g/mol. The van der Waals surface area contributed by atoms with E-state index in [0.29, 0.717) is 53.0 Å². The second-order valence-electron chi connectivity index (χ2n) is 7.60. The summed E-state index contributed by atoms with van der Waals surface area (Å²) in [6.07, 6.45) is -5.85. The largest absolute Gasteiger partial charge is 0.495 e. The smallest absolute Gasteiger partial charge is 0.161 e. The SMILES string of the molecule is COc1cc([C@@H]2O[C@H](CO)[C@@H](O)[C@H](O)[C@H]2O)cc(Cc2ccc3c(c2)OCCO3)c1Cl. The van der Waals surface area contributed by atoms with E-state index in [0.717, 1.165) is 5.56 Å². The van der Waals surface area contributed by atoms with Crippen molar-refractivity contribution in [2.75, 3.05) is 26.9 Å². The molecule has 0 bridgehead atoms. The van der Waals surface area contributed by atoms with Crippen molar-refractivity contribution in [1.29, 1.82) is 0 Å². The molecule has 4 N–H and O–H groups in total. The maximum atomic E-state index is 10.5. The summed E-state index contributed by atoms with van der Waals surface area (Å²) in [7, 11) is 1.48. The van der Waals surface area contributed by atoms with Crippen molar-refractivity contribution in [1.82, 2.24) is 0 Å². The summed E-state index contributed by atoms with van der Waals surface area (Å²) in [4.78, 5) is 0. The van der Waals surface area contributed by atoms with Gasteiger partial charge in [-0.15, -0.1) is 0 Å². The zero-order chi connectivity index (χ0) is 22.1. The van der Waals surface area contributed by atoms with Crippen LogP contribution in [0.4, 0.5) is 0 Å². The number of halogens is 1. The summed E-state index contributed by atoms with van der Waals surface area (Å²) in [6.45, 7) is 0.490. The fraction of sp³-hybridized carbons (Fsp3) is 0.455. The topological polar surface area (TPSA) is 118 Å². The number of ether oxygens (including phenoxy) is 4. The van der Waals surface area contributed by atoms with Crippen LogP contribution in [-0.4, -0.2) is 71.8 Å². The van der Waals surface area contributed by atoms with Gasteiger partial charge in [-0.3, -0.25) is 0 Å². The molecule has 0 aliphatic carbocycles. The molecular formula is C22H25ClO8. The minimum absolute atomic E-state index is 0.378. The predicted molar refractivity (Wildman–Crippen MR) is 111 cm³/mol. The van der Waals surface area contributed by atoms with Gasteiger partial charge in [0.05, 0.1) is 18.7 Å². The van der Waals surface area contributed by atoms with Gasteiger partial charge in [0.25, 0.3) is 0 Å². The lowest BCUT2D eigenvalue weighted by molar-refractivity contribution is -0.231. The molecule has 0 aromatic heterocycles. The highest BCUT2D eigenvalue weighted by molar-refractivity contribution is 6.32. The Labute approximate surface area is 184 Å². The normalized spacial score (nSPS) is 27.7. The van der Waals surface area contributed by atoms with E-state index < -0.39 is 37.1 Å². The van der Waals surface area contributed by atoms with Crippen LogP contribution in [0.3, 0.4) is 0 Å². The van der Waals surface area contributed by atoms with Gasteiger partial charge in [0, 0.05) is 0 Å². The highest BCUT2D eigenvalue weighted by atomic mass is 35.5. The molecule has 0 amide bonds. The summed E-state index contributed by atoms with van der Waals surface area (Å²) in [5.74, 6) is 1.73. The van der Waals surface area contributed by atoms with Crippen molar-refractivity contribution in [2.45, 2.75) is 36.9 Å². The molecule has 4 rings (SSSR count). The lowest BCUT2D eigenvalue weighted by Gasteiger charge is -2.40. The molecular weight excluding hydrogens is 428 g/mol. The zero-order valence-electron chi connectivity index (χ0n) is 16.9. The fourth-order valence-electron chi connectivity index (χ4n) is 3.92. The van der Waals surface area contributed by atoms with Gasteiger partial charge in [0.15, 0.2) is 11.5 Å². The number of fused-ring (bicyclic) bond motifs is 1. The molecule has 0 saturated carbocycles. The van der Waals surface area contributed by atoms with Crippen molar-refractivity contribution in [3.05, 3.63) is 52.0 Å². The van der Waals surface area contributed by atoms with E-state index in [9.17, 15) is 20.4 Å². The predicted octanol–water partition coefficient (Wildman–Crippen LogP) is 1.23. The molecule has 1 saturated heterocycles. The van der Waals surface area contributed by atoms with Crippen molar-refractivity contribution in [3.63, 3.8) is 0 Å². The third kappa shape index (κ3) is 4.32. The first-order valence-electron chi connectivity index (χ1n) is 9.98. The Morgan fingerprint density at radius 3 is 2.45 bits per heavy atom. The van der Waals surface area contributed by atoms with Gasteiger partial charge in [-0.25, -0.2) is 0 Å². The fourth-order valence-corrected chi connectivity index (χ4v) is 4.17. The van der Waals surface area contributed by atoms with Crippen LogP contribution in [0.2, 0.25) is 5.02 Å². The zero-order valence-corrected chi connectivity index (χ0v) is 17.7. The van der Waals surface area contributed by atoms with Crippen LogP contribution in [0.15, 0.2) is 30.3 Å². The minimum Gasteiger partial charge on any atom is -0.495 e. The molecule has 1 fully saturated rings. The number of benzene rings is 2. The van der Waals surface area contributed by atoms with Crippen molar-refractivity contribution >= 4 is 11.6 Å². The lowest BCUT2D eigenvalue weighted by atomic mass is 9.90. The van der Waals surface area contributed by atoms with Gasteiger partial charge in [-0.1, -0.05) is 23.7 Å². The molecule has 2 aromatic carbocycles. The Bertz CT molecular complexity index is 934. The van der Waals surface area contributed by atoms with E-state index in [2.05, 4.69) is 0 Å². The minimum atomic E-state index is -1.47. The molecule has 9 heteroatoms. The van der Waals surface area contributed by atoms with E-state index in [1.165, 1.54) is 7.11 Å². The third-order valence-corrected chi connectivity index (χ3v) is 6.01. The Hall–Kier alpha value is -2.07. The molecule has 0 radical (unpaired) electrons. The quantitative estimate of drug-likeness (QED) is 0.535. The molecule has 2 heterocycles. The molecule has 8 nitrogen and oxygen atoms in total. The van der Waals surface area contributed by atoms with Crippen LogP contribution in [0.5, 0.6) is 17.2 Å². The molecule has 0 spiro atoms. The summed E-state index contributed by atoms with van der Waals surface area (Å²) >= 11 is 6.54. The molecule has 2 aliphatic heterocycles. The number of aliphatic hydroxyl groups is 4. The van der Waals surface area contributed by atoms with Crippen LogP contribution < -0.4 is 14.2 Å². The molecule has 168 valence electrons. The third-order valence-electron chi connectivity index (χ3n) is 5.58. The summed E-state index contributed by atoms with van der Waals surface area (Å²) in [5.41, 5.74) is 2.15. The first-order chi connectivity index (χ1) is 14.9. The Morgan fingerprint density at radius 2 is 1.74 bits per heavy atom. The van der Waals surface area contributed by atoms with Gasteiger partial charge in [-0.05, 0) is 41.3 Å². The van der Waals surface area contributed by atoms with Gasteiger partial charge in [0.1, 0.15) is 49.5 Å². The van der Waals surface area contributed by atoms with Crippen LogP contribution in [0.1, 0.15) is 22.8 Å². The van der Waals surface area contributed by atoms with Gasteiger partial charge >= 0.3 is 0 Å². The number of rotatable bonds is 5. The van der Waals surface area contributed by atoms with Gasteiger partial charge in [-0.2, -0.15) is 0 Å². The molecule has 5 atom stereocenters. The van der Waals surface area contributed by atoms with Crippen LogP contribution >= 0.6 is 11.6 Å². The highest BCUT2D eigenvalue weighted by Gasteiger charge is 2.44. The molecule has 31 heavy (non-hydrogen) atoms. The monoisotopic (exact) mass is 452 g/mol. The van der Waals surface area contributed by atoms with Crippen LogP contribution in [-0.2, 0) is 11.2 Å². The van der Waals surface area contributed by atoms with E-state index in [-0.39, 0.29) is 0 Å². The Balaban J connectivity index is 1.67. The summed E-state index contributed by atoms with van der Waals surface area (Å²) < 4.78 is 22.3. The first kappa shape index (κ1) is 22.1.